The Kier molecular flexibility index (Phi) is 2.36. The second-order valence-corrected chi connectivity index (χ2v) is 6.63. The van der Waals surface area contributed by atoms with Crippen molar-refractivity contribution in [2.45, 2.75) is 43.7 Å². The number of H-pyrrole nitrogens is 1. The molecule has 3 aliphatic rings. The van der Waals surface area contributed by atoms with E-state index >= 15 is 0 Å². The normalized spacial score (nSPS) is 37.8. The molecule has 1 aliphatic heterocycles. The van der Waals surface area contributed by atoms with Gasteiger partial charge in [0.1, 0.15) is 12.1 Å². The minimum atomic E-state index is 0.179. The second kappa shape index (κ2) is 4.16. The van der Waals surface area contributed by atoms with Gasteiger partial charge in [0, 0.05) is 18.6 Å². The van der Waals surface area contributed by atoms with Crippen molar-refractivity contribution in [1.29, 1.82) is 0 Å². The number of nitrogens with zero attached hydrogens (tertiary/aromatic N) is 3. The highest BCUT2D eigenvalue weighted by Gasteiger charge is 2.62. The van der Waals surface area contributed by atoms with Crippen LogP contribution in [-0.2, 0) is 4.74 Å². The van der Waals surface area contributed by atoms with Crippen molar-refractivity contribution in [2.24, 2.45) is 11.8 Å². The summed E-state index contributed by atoms with van der Waals surface area (Å²) in [5.41, 5.74) is 0.972. The molecule has 5 rings (SSSR count). The third-order valence-electron chi connectivity index (χ3n) is 5.83. The molecule has 3 heterocycles. The van der Waals surface area contributed by atoms with Crippen LogP contribution in [0, 0.1) is 11.8 Å². The molecule has 0 amide bonds. The lowest BCUT2D eigenvalue weighted by atomic mass is 9.53. The van der Waals surface area contributed by atoms with Gasteiger partial charge in [-0.15, -0.1) is 0 Å². The zero-order valence-corrected chi connectivity index (χ0v) is 11.9. The standard InChI is InChI=1S/C15H19N5O/c1-2-12(11-6-9-3-5-21-15(9,11)4-1)19-13-10-7-18-20-14(10)17-8-16-13/h7-9,11-12H,1-6H2,(H2,16,17,18,19,20). The van der Waals surface area contributed by atoms with Gasteiger partial charge in [-0.25, -0.2) is 9.97 Å². The van der Waals surface area contributed by atoms with E-state index in [2.05, 4.69) is 25.5 Å². The lowest BCUT2D eigenvalue weighted by Crippen LogP contribution is -2.61. The minimum absolute atomic E-state index is 0.179. The van der Waals surface area contributed by atoms with E-state index in [0.29, 0.717) is 12.0 Å². The maximum atomic E-state index is 6.19. The van der Waals surface area contributed by atoms with Crippen LogP contribution < -0.4 is 5.32 Å². The number of aromatic amines is 1. The molecule has 110 valence electrons. The van der Waals surface area contributed by atoms with Crippen LogP contribution in [0.2, 0.25) is 0 Å². The van der Waals surface area contributed by atoms with Crippen molar-refractivity contribution < 1.29 is 4.74 Å². The van der Waals surface area contributed by atoms with E-state index < -0.39 is 0 Å². The van der Waals surface area contributed by atoms with Gasteiger partial charge in [-0.2, -0.15) is 5.10 Å². The van der Waals surface area contributed by atoms with E-state index in [0.717, 1.165) is 29.4 Å². The Bertz CT molecular complexity index is 686. The molecule has 1 saturated heterocycles. The average Bonchev–Trinajstić information content (AvgIpc) is 3.05. The van der Waals surface area contributed by atoms with Crippen molar-refractivity contribution in [2.75, 3.05) is 11.9 Å². The summed E-state index contributed by atoms with van der Waals surface area (Å²) in [5, 5.41) is 11.6. The molecule has 4 unspecified atom stereocenters. The Hall–Kier alpha value is -1.69. The first-order valence-corrected chi connectivity index (χ1v) is 7.91. The molecule has 0 aromatic carbocycles. The highest BCUT2D eigenvalue weighted by Crippen LogP contribution is 2.59. The molecular weight excluding hydrogens is 266 g/mol. The molecule has 4 atom stereocenters. The highest BCUT2D eigenvalue weighted by atomic mass is 16.5. The van der Waals surface area contributed by atoms with Crippen LogP contribution in [0.4, 0.5) is 5.82 Å². The van der Waals surface area contributed by atoms with Gasteiger partial charge >= 0.3 is 0 Å². The SMILES string of the molecule is c1nc(NC2CCCC34OCCC3CC24)c2cn[nH]c2n1. The van der Waals surface area contributed by atoms with E-state index in [9.17, 15) is 0 Å². The fraction of sp³-hybridized carbons (Fsp3) is 0.667. The van der Waals surface area contributed by atoms with Crippen molar-refractivity contribution in [3.63, 3.8) is 0 Å². The van der Waals surface area contributed by atoms with Gasteiger partial charge < -0.3 is 10.1 Å². The summed E-state index contributed by atoms with van der Waals surface area (Å²) in [4.78, 5) is 8.62. The number of ether oxygens (including phenoxy) is 1. The number of nitrogens with one attached hydrogen (secondary N) is 2. The smallest absolute Gasteiger partial charge is 0.160 e. The maximum absolute atomic E-state index is 6.19. The zero-order chi connectivity index (χ0) is 13.9. The quantitative estimate of drug-likeness (QED) is 0.884. The van der Waals surface area contributed by atoms with Gasteiger partial charge in [-0.1, -0.05) is 0 Å². The van der Waals surface area contributed by atoms with Crippen LogP contribution in [0.1, 0.15) is 32.1 Å². The lowest BCUT2D eigenvalue weighted by molar-refractivity contribution is -0.160. The molecule has 21 heavy (non-hydrogen) atoms. The lowest BCUT2D eigenvalue weighted by Gasteiger charge is -2.57. The predicted octanol–water partition coefficient (Wildman–Crippen LogP) is 2.11. The number of fused-ring (bicyclic) bond motifs is 1. The van der Waals surface area contributed by atoms with Crippen molar-refractivity contribution >= 4 is 16.9 Å². The van der Waals surface area contributed by atoms with Crippen LogP contribution in [0.3, 0.4) is 0 Å². The van der Waals surface area contributed by atoms with Crippen LogP contribution in [0.25, 0.3) is 11.0 Å². The molecule has 2 aromatic heterocycles. The molecule has 0 bridgehead atoms. The predicted molar refractivity (Wildman–Crippen MR) is 77.8 cm³/mol. The van der Waals surface area contributed by atoms with E-state index in [4.69, 9.17) is 4.74 Å². The second-order valence-electron chi connectivity index (χ2n) is 6.63. The summed E-state index contributed by atoms with van der Waals surface area (Å²) in [7, 11) is 0. The number of hydrogen-bond donors (Lipinski definition) is 2. The zero-order valence-electron chi connectivity index (χ0n) is 11.9. The fourth-order valence-corrected chi connectivity index (χ4v) is 4.82. The average molecular weight is 285 g/mol. The summed E-state index contributed by atoms with van der Waals surface area (Å²) < 4.78 is 6.19. The maximum Gasteiger partial charge on any atom is 0.160 e. The fourth-order valence-electron chi connectivity index (χ4n) is 4.82. The highest BCUT2D eigenvalue weighted by molar-refractivity contribution is 5.85. The van der Waals surface area contributed by atoms with E-state index in [1.54, 1.807) is 12.5 Å². The molecule has 2 saturated carbocycles. The summed E-state index contributed by atoms with van der Waals surface area (Å²) >= 11 is 0. The molecule has 3 fully saturated rings. The van der Waals surface area contributed by atoms with Gasteiger partial charge in [-0.3, -0.25) is 5.10 Å². The number of rotatable bonds is 2. The first-order valence-electron chi connectivity index (χ1n) is 7.91. The van der Waals surface area contributed by atoms with Gasteiger partial charge in [0.2, 0.25) is 0 Å². The molecule has 2 N–H and O–H groups in total. The van der Waals surface area contributed by atoms with E-state index in [1.807, 2.05) is 0 Å². The Morgan fingerprint density at radius 2 is 2.33 bits per heavy atom. The van der Waals surface area contributed by atoms with Crippen molar-refractivity contribution in [3.05, 3.63) is 12.5 Å². The van der Waals surface area contributed by atoms with Crippen molar-refractivity contribution in [1.82, 2.24) is 20.2 Å². The largest absolute Gasteiger partial charge is 0.374 e. The van der Waals surface area contributed by atoms with Crippen LogP contribution in [0.5, 0.6) is 0 Å². The molecular formula is C15H19N5O. The van der Waals surface area contributed by atoms with E-state index in [1.165, 1.54) is 32.1 Å². The Balaban J connectivity index is 1.45. The Morgan fingerprint density at radius 3 is 3.29 bits per heavy atom. The molecule has 6 heteroatoms. The molecule has 0 radical (unpaired) electrons. The van der Waals surface area contributed by atoms with Gasteiger partial charge in [-0.05, 0) is 38.0 Å². The van der Waals surface area contributed by atoms with Gasteiger partial charge in [0.25, 0.3) is 0 Å². The van der Waals surface area contributed by atoms with E-state index in [-0.39, 0.29) is 5.60 Å². The van der Waals surface area contributed by atoms with Crippen LogP contribution >= 0.6 is 0 Å². The van der Waals surface area contributed by atoms with Crippen molar-refractivity contribution in [3.8, 4) is 0 Å². The topological polar surface area (TPSA) is 75.7 Å². The Labute approximate surface area is 122 Å². The molecule has 2 aliphatic carbocycles. The summed E-state index contributed by atoms with van der Waals surface area (Å²) in [5.74, 6) is 2.33. The van der Waals surface area contributed by atoms with Gasteiger partial charge in [0.15, 0.2) is 5.65 Å². The molecule has 1 spiro atoms. The summed E-state index contributed by atoms with van der Waals surface area (Å²) in [6.45, 7) is 0.952. The molecule has 2 aromatic rings. The van der Waals surface area contributed by atoms with Crippen LogP contribution in [-0.4, -0.2) is 38.4 Å². The summed E-state index contributed by atoms with van der Waals surface area (Å²) in [6.07, 6.45) is 9.63. The van der Waals surface area contributed by atoms with Crippen LogP contribution in [0.15, 0.2) is 12.5 Å². The third kappa shape index (κ3) is 1.54. The number of anilines is 1. The minimum Gasteiger partial charge on any atom is -0.374 e. The number of aromatic nitrogens is 4. The molecule has 6 nitrogen and oxygen atoms in total. The van der Waals surface area contributed by atoms with Gasteiger partial charge in [0.05, 0.1) is 17.2 Å². The number of hydrogen-bond acceptors (Lipinski definition) is 5. The monoisotopic (exact) mass is 285 g/mol. The first kappa shape index (κ1) is 11.9. The third-order valence-corrected chi connectivity index (χ3v) is 5.83. The Morgan fingerprint density at radius 1 is 1.33 bits per heavy atom. The summed E-state index contributed by atoms with van der Waals surface area (Å²) in [6, 6.07) is 0.459. The first-order chi connectivity index (χ1) is 10.4.